The molecule has 0 unspecified atom stereocenters. The van der Waals surface area contributed by atoms with E-state index >= 15 is 0 Å². The van der Waals surface area contributed by atoms with Gasteiger partial charge >= 0.3 is 5.97 Å². The summed E-state index contributed by atoms with van der Waals surface area (Å²) in [7, 11) is 2.67. The lowest BCUT2D eigenvalue weighted by atomic mass is 10.1. The van der Waals surface area contributed by atoms with E-state index in [1.54, 1.807) is 19.1 Å². The van der Waals surface area contributed by atoms with Crippen molar-refractivity contribution >= 4 is 22.8 Å². The Balaban J connectivity index is 2.26. The predicted octanol–water partition coefficient (Wildman–Crippen LogP) is 3.81. The molecule has 0 saturated carbocycles. The maximum absolute atomic E-state index is 14.3. The minimum Gasteiger partial charge on any atom is -0.494 e. The Morgan fingerprint density at radius 2 is 1.74 bits per heavy atom. The monoisotopic (exact) mass is 369 g/mol. The molecule has 140 valence electrons. The number of methoxy groups -OCH3 is 2. The summed E-state index contributed by atoms with van der Waals surface area (Å²) in [5.74, 6) is -1.26. The first-order valence-corrected chi connectivity index (χ1v) is 8.43. The number of carbonyl (C=O) groups excluding carboxylic acids is 2. The number of ether oxygens (including phenoxy) is 2. The first-order chi connectivity index (χ1) is 12.9. The number of fused-ring (bicyclic) bond motifs is 1. The van der Waals surface area contributed by atoms with E-state index in [1.165, 1.54) is 30.9 Å². The van der Waals surface area contributed by atoms with E-state index in [2.05, 4.69) is 0 Å². The van der Waals surface area contributed by atoms with Crippen molar-refractivity contribution < 1.29 is 23.5 Å². The third kappa shape index (κ3) is 3.30. The summed E-state index contributed by atoms with van der Waals surface area (Å²) >= 11 is 0. The van der Waals surface area contributed by atoms with Gasteiger partial charge in [-0.2, -0.15) is 0 Å². The van der Waals surface area contributed by atoms with Crippen LogP contribution in [-0.4, -0.2) is 30.7 Å². The van der Waals surface area contributed by atoms with E-state index in [1.807, 2.05) is 19.1 Å². The quantitative estimate of drug-likeness (QED) is 0.656. The van der Waals surface area contributed by atoms with Crippen LogP contribution in [0.4, 0.5) is 4.39 Å². The lowest BCUT2D eigenvalue weighted by Crippen LogP contribution is -2.14. The molecule has 0 N–H and O–H groups in total. The highest BCUT2D eigenvalue weighted by Gasteiger charge is 2.23. The first-order valence-electron chi connectivity index (χ1n) is 8.43. The van der Waals surface area contributed by atoms with E-state index in [9.17, 15) is 14.0 Å². The first kappa shape index (κ1) is 18.6. The maximum Gasteiger partial charge on any atom is 0.310 e. The minimum atomic E-state index is -0.579. The Kier molecular flexibility index (Phi) is 4.99. The molecule has 0 saturated heterocycles. The normalized spacial score (nSPS) is 10.9. The van der Waals surface area contributed by atoms with Gasteiger partial charge in [-0.15, -0.1) is 0 Å². The van der Waals surface area contributed by atoms with Crippen LogP contribution in [0.3, 0.4) is 0 Å². The summed E-state index contributed by atoms with van der Waals surface area (Å²) < 4.78 is 25.6. The molecule has 1 aromatic heterocycles. The minimum absolute atomic E-state index is 0.0260. The molecule has 0 amide bonds. The van der Waals surface area contributed by atoms with Crippen molar-refractivity contribution in [3.63, 3.8) is 0 Å². The molecule has 1 heterocycles. The Morgan fingerprint density at radius 3 is 2.33 bits per heavy atom. The predicted molar refractivity (Wildman–Crippen MR) is 99.8 cm³/mol. The van der Waals surface area contributed by atoms with Crippen molar-refractivity contribution in [2.45, 2.75) is 20.3 Å². The van der Waals surface area contributed by atoms with E-state index in [0.717, 1.165) is 5.56 Å². The molecule has 0 aliphatic heterocycles. The molecule has 5 nitrogen and oxygen atoms in total. The Labute approximate surface area is 156 Å². The second-order valence-corrected chi connectivity index (χ2v) is 6.33. The van der Waals surface area contributed by atoms with Crippen LogP contribution >= 0.6 is 0 Å². The zero-order chi connectivity index (χ0) is 19.7. The fraction of sp³-hybridized carbons (Fsp3) is 0.238. The maximum atomic E-state index is 14.3. The van der Waals surface area contributed by atoms with Gasteiger partial charge in [0.25, 0.3) is 5.91 Å². The van der Waals surface area contributed by atoms with Gasteiger partial charge < -0.3 is 9.47 Å². The molecule has 6 heteroatoms. The van der Waals surface area contributed by atoms with E-state index in [4.69, 9.17) is 9.47 Å². The SMILES string of the molecule is COC(=O)Cc1c(C)n(C(=O)c2ccc(C)cc2)c2cc(F)c(OC)cc12. The van der Waals surface area contributed by atoms with Crippen molar-refractivity contribution in [3.8, 4) is 5.75 Å². The third-order valence-electron chi connectivity index (χ3n) is 4.66. The van der Waals surface area contributed by atoms with E-state index in [-0.39, 0.29) is 18.1 Å². The van der Waals surface area contributed by atoms with Crippen LogP contribution in [0.1, 0.15) is 27.2 Å². The van der Waals surface area contributed by atoms with Crippen LogP contribution in [0.15, 0.2) is 36.4 Å². The Morgan fingerprint density at radius 1 is 1.07 bits per heavy atom. The number of carbonyl (C=O) groups is 2. The summed E-state index contributed by atoms with van der Waals surface area (Å²) in [4.78, 5) is 25.0. The van der Waals surface area contributed by atoms with Crippen LogP contribution in [0.2, 0.25) is 0 Å². The van der Waals surface area contributed by atoms with E-state index in [0.29, 0.717) is 27.7 Å². The van der Waals surface area contributed by atoms with Crippen LogP contribution < -0.4 is 4.74 Å². The second kappa shape index (κ2) is 7.23. The molecule has 0 fully saturated rings. The van der Waals surface area contributed by atoms with Gasteiger partial charge in [-0.05, 0) is 37.6 Å². The number of aromatic nitrogens is 1. The number of rotatable bonds is 4. The van der Waals surface area contributed by atoms with Gasteiger partial charge in [-0.1, -0.05) is 17.7 Å². The highest BCUT2D eigenvalue weighted by Crippen LogP contribution is 2.32. The fourth-order valence-electron chi connectivity index (χ4n) is 3.16. The zero-order valence-corrected chi connectivity index (χ0v) is 15.6. The number of nitrogens with zero attached hydrogens (tertiary/aromatic N) is 1. The summed E-state index contributed by atoms with van der Waals surface area (Å²) in [6.07, 6.45) is -0.0260. The summed E-state index contributed by atoms with van der Waals surface area (Å²) in [5.41, 5.74) is 3.06. The Hall–Kier alpha value is -3.15. The van der Waals surface area contributed by atoms with Crippen molar-refractivity contribution in [3.05, 3.63) is 64.6 Å². The topological polar surface area (TPSA) is 57.5 Å². The summed E-state index contributed by atoms with van der Waals surface area (Å²) in [6, 6.07) is 9.90. The summed E-state index contributed by atoms with van der Waals surface area (Å²) in [5, 5.41) is 0.580. The standard InChI is InChI=1S/C21H20FNO4/c1-12-5-7-14(8-6-12)21(25)23-13(2)15(10-20(24)27-4)16-9-19(26-3)17(22)11-18(16)23/h5-9,11H,10H2,1-4H3. The zero-order valence-electron chi connectivity index (χ0n) is 15.6. The van der Waals surface area contributed by atoms with Gasteiger partial charge in [0.1, 0.15) is 0 Å². The lowest BCUT2D eigenvalue weighted by Gasteiger charge is -2.08. The molecule has 3 aromatic rings. The van der Waals surface area contributed by atoms with Crippen molar-refractivity contribution in [2.24, 2.45) is 0 Å². The number of hydrogen-bond acceptors (Lipinski definition) is 4. The molecule has 0 aliphatic carbocycles. The number of aryl methyl sites for hydroxylation is 1. The molecule has 0 bridgehead atoms. The average Bonchev–Trinajstić information content (AvgIpc) is 2.91. The van der Waals surface area contributed by atoms with Crippen LogP contribution in [0.5, 0.6) is 5.75 Å². The largest absolute Gasteiger partial charge is 0.494 e. The third-order valence-corrected chi connectivity index (χ3v) is 4.66. The van der Waals surface area contributed by atoms with Crippen LogP contribution in [-0.2, 0) is 16.0 Å². The molecule has 2 aromatic carbocycles. The molecule has 0 spiro atoms. The lowest BCUT2D eigenvalue weighted by molar-refractivity contribution is -0.139. The van der Waals surface area contributed by atoms with Crippen molar-refractivity contribution in [1.29, 1.82) is 0 Å². The van der Waals surface area contributed by atoms with Gasteiger partial charge in [0.05, 0.1) is 26.2 Å². The molecular formula is C21H20FNO4. The summed E-state index contributed by atoms with van der Waals surface area (Å²) in [6.45, 7) is 3.66. The van der Waals surface area contributed by atoms with Crippen molar-refractivity contribution in [1.82, 2.24) is 4.57 Å². The van der Waals surface area contributed by atoms with Crippen molar-refractivity contribution in [2.75, 3.05) is 14.2 Å². The van der Waals surface area contributed by atoms with Gasteiger partial charge in [-0.25, -0.2) is 4.39 Å². The molecule has 3 rings (SSSR count). The molecular weight excluding hydrogens is 349 g/mol. The highest BCUT2D eigenvalue weighted by atomic mass is 19.1. The van der Waals surface area contributed by atoms with Crippen LogP contribution in [0.25, 0.3) is 10.9 Å². The van der Waals surface area contributed by atoms with Gasteiger partial charge in [0.15, 0.2) is 11.6 Å². The van der Waals surface area contributed by atoms with Crippen LogP contribution in [0, 0.1) is 19.7 Å². The van der Waals surface area contributed by atoms with E-state index < -0.39 is 11.8 Å². The fourth-order valence-corrected chi connectivity index (χ4v) is 3.16. The molecule has 0 atom stereocenters. The number of esters is 1. The van der Waals surface area contributed by atoms with Gasteiger partial charge in [0.2, 0.25) is 0 Å². The van der Waals surface area contributed by atoms with Gasteiger partial charge in [0, 0.05) is 22.7 Å². The highest BCUT2D eigenvalue weighted by molar-refractivity contribution is 6.05. The van der Waals surface area contributed by atoms with Gasteiger partial charge in [-0.3, -0.25) is 14.2 Å². The molecule has 0 radical (unpaired) electrons. The number of hydrogen-bond donors (Lipinski definition) is 0. The second-order valence-electron chi connectivity index (χ2n) is 6.33. The molecule has 27 heavy (non-hydrogen) atoms. The molecule has 0 aliphatic rings. The Bertz CT molecular complexity index is 1030. The average molecular weight is 369 g/mol. The smallest absolute Gasteiger partial charge is 0.310 e. The number of benzene rings is 2. The number of halogens is 1.